The van der Waals surface area contributed by atoms with Crippen LogP contribution >= 0.6 is 0 Å². The molecular formula is C75H56. The molecule has 0 aromatic heterocycles. The molecule has 0 amide bonds. The second-order valence-corrected chi connectivity index (χ2v) is 23.6. The maximum atomic E-state index is 2.69. The lowest BCUT2D eigenvalue weighted by molar-refractivity contribution is 0.465. The number of hydrogen-bond donors (Lipinski definition) is 0. The van der Waals surface area contributed by atoms with Gasteiger partial charge in [0, 0.05) is 17.8 Å². The fourth-order valence-electron chi connectivity index (χ4n) is 18.4. The van der Waals surface area contributed by atoms with E-state index in [4.69, 9.17) is 0 Å². The first-order valence-corrected chi connectivity index (χ1v) is 28.3. The average molecular weight is 957 g/mol. The van der Waals surface area contributed by atoms with E-state index in [0.717, 1.165) is 57.8 Å². The Balaban J connectivity index is 0.810. The zero-order valence-electron chi connectivity index (χ0n) is 42.3. The lowest BCUT2D eigenvalue weighted by Crippen LogP contribution is -2.35. The Morgan fingerprint density at radius 1 is 0.333 bits per heavy atom. The van der Waals surface area contributed by atoms with E-state index < -0.39 is 0 Å². The monoisotopic (exact) mass is 956 g/mol. The normalized spacial score (nSPS) is 28.5. The molecule has 0 fully saturated rings. The Morgan fingerprint density at radius 3 is 1.51 bits per heavy atom. The summed E-state index contributed by atoms with van der Waals surface area (Å²) < 4.78 is 0. The molecule has 0 heterocycles. The molecule has 6 aromatic rings. The molecule has 356 valence electrons. The highest BCUT2D eigenvalue weighted by molar-refractivity contribution is 5.98. The second-order valence-electron chi connectivity index (χ2n) is 23.6. The molecule has 0 nitrogen and oxygen atoms in total. The summed E-state index contributed by atoms with van der Waals surface area (Å²) in [6.07, 6.45) is 44.2. The Morgan fingerprint density at radius 2 is 0.800 bits per heavy atom. The lowest BCUT2D eigenvalue weighted by Gasteiger charge is -2.40. The van der Waals surface area contributed by atoms with Crippen molar-refractivity contribution < 1.29 is 0 Å². The lowest BCUT2D eigenvalue weighted by atomic mass is 9.61. The van der Waals surface area contributed by atoms with Crippen LogP contribution in [0.25, 0.3) is 50.1 Å². The quantitative estimate of drug-likeness (QED) is 0.162. The zero-order chi connectivity index (χ0) is 48.8. The highest BCUT2D eigenvalue weighted by Gasteiger charge is 2.60. The van der Waals surface area contributed by atoms with Gasteiger partial charge in [0.15, 0.2) is 0 Å². The number of benzene rings is 6. The molecule has 6 aromatic carbocycles. The van der Waals surface area contributed by atoms with Crippen molar-refractivity contribution in [3.05, 3.63) is 302 Å². The van der Waals surface area contributed by atoms with E-state index in [-0.39, 0.29) is 16.2 Å². The van der Waals surface area contributed by atoms with Crippen LogP contribution in [0.1, 0.15) is 119 Å². The fraction of sp³-hybridized carbons (Fsp3) is 0.200. The Hall–Kier alpha value is -7.80. The smallest absolute Gasteiger partial charge is 0.0541 e. The average Bonchev–Trinajstić information content (AvgIpc) is 4.39. The number of hydrogen-bond acceptors (Lipinski definition) is 0. The van der Waals surface area contributed by atoms with Crippen molar-refractivity contribution in [2.24, 2.45) is 17.8 Å². The number of rotatable bonds is 2. The van der Waals surface area contributed by atoms with E-state index in [1.165, 1.54) is 100 Å². The third-order valence-electron chi connectivity index (χ3n) is 20.9. The van der Waals surface area contributed by atoms with Crippen molar-refractivity contribution >= 4 is 27.9 Å². The molecular weight excluding hydrogens is 901 g/mol. The SMILES string of the molecule is C1=CCC2C(=C1)c1ccccc1C21C2=C(CCC=C2)c2ccc(-c3ccc4c(c3)C3(c5ccccc5-c5ccc(C6=CC=C7C8=C(C=CCC8)C8(C9=C(CCC=C9)c9ccccc98)C7C6)cc53)C3CC=CC=C43)cc21. The molecule has 75 heavy (non-hydrogen) atoms. The van der Waals surface area contributed by atoms with Gasteiger partial charge in [0.2, 0.25) is 0 Å². The molecule has 12 aliphatic rings. The van der Waals surface area contributed by atoms with Crippen molar-refractivity contribution in [2.45, 2.75) is 74.0 Å². The van der Waals surface area contributed by atoms with Crippen LogP contribution in [0, 0.1) is 17.8 Å². The van der Waals surface area contributed by atoms with Crippen LogP contribution in [-0.4, -0.2) is 0 Å². The van der Waals surface area contributed by atoms with E-state index in [1.54, 1.807) is 39.0 Å². The summed E-state index contributed by atoms with van der Waals surface area (Å²) in [5, 5.41) is 0. The maximum Gasteiger partial charge on any atom is 0.0541 e. The van der Waals surface area contributed by atoms with E-state index in [1.807, 2.05) is 0 Å². The highest BCUT2D eigenvalue weighted by Crippen LogP contribution is 2.70. The molecule has 0 radical (unpaired) electrons. The summed E-state index contributed by atoms with van der Waals surface area (Å²) in [4.78, 5) is 0. The molecule has 0 aliphatic heterocycles. The van der Waals surface area contributed by atoms with Crippen LogP contribution in [-0.2, 0) is 16.2 Å². The fourth-order valence-corrected chi connectivity index (χ4v) is 18.4. The van der Waals surface area contributed by atoms with E-state index in [0.29, 0.717) is 17.8 Å². The highest BCUT2D eigenvalue weighted by atomic mass is 14.6. The molecule has 0 saturated carbocycles. The molecule has 0 heteroatoms. The van der Waals surface area contributed by atoms with Gasteiger partial charge in [0.05, 0.1) is 16.2 Å². The summed E-state index contributed by atoms with van der Waals surface area (Å²) in [6.45, 7) is 0. The number of allylic oxidation sites excluding steroid dienone is 24. The molecule has 0 N–H and O–H groups in total. The van der Waals surface area contributed by atoms with E-state index >= 15 is 0 Å². The van der Waals surface area contributed by atoms with Crippen molar-refractivity contribution in [3.8, 4) is 22.3 Å². The first-order chi connectivity index (χ1) is 37.2. The van der Waals surface area contributed by atoms with Crippen molar-refractivity contribution in [3.63, 3.8) is 0 Å². The van der Waals surface area contributed by atoms with Gasteiger partial charge in [-0.05, 0) is 215 Å². The minimum atomic E-state index is -0.334. The zero-order valence-corrected chi connectivity index (χ0v) is 42.3. The molecule has 6 atom stereocenters. The van der Waals surface area contributed by atoms with Gasteiger partial charge in [0.1, 0.15) is 0 Å². The summed E-state index contributed by atoms with van der Waals surface area (Å²) in [7, 11) is 0. The Kier molecular flexibility index (Phi) is 8.16. The van der Waals surface area contributed by atoms with Crippen molar-refractivity contribution in [1.82, 2.24) is 0 Å². The molecule has 12 aliphatic carbocycles. The van der Waals surface area contributed by atoms with Crippen LogP contribution in [0.5, 0.6) is 0 Å². The summed E-state index contributed by atoms with van der Waals surface area (Å²) >= 11 is 0. The predicted molar refractivity (Wildman–Crippen MR) is 310 cm³/mol. The van der Waals surface area contributed by atoms with Crippen LogP contribution in [0.3, 0.4) is 0 Å². The molecule has 0 bridgehead atoms. The van der Waals surface area contributed by atoms with Crippen LogP contribution in [0.4, 0.5) is 0 Å². The van der Waals surface area contributed by atoms with E-state index in [9.17, 15) is 0 Å². The van der Waals surface area contributed by atoms with Crippen LogP contribution < -0.4 is 0 Å². The Labute approximate surface area is 441 Å². The van der Waals surface area contributed by atoms with Crippen LogP contribution in [0.2, 0.25) is 0 Å². The van der Waals surface area contributed by atoms with Crippen molar-refractivity contribution in [2.75, 3.05) is 0 Å². The standard InChI is InChI=1S/C75H56/c1-9-25-61-49(17-1)50-18-2-10-26-62(50)73(61)65-29-13-5-21-53(65)57-37-33-45(41-69(57)73)47-35-39-59-55-23-7-15-31-67(55)75(71(59)43-47)68-32-16-8-24-56(68)60-40-36-48(44-72(60)75)46-34-38-58-54-22-6-14-30-66(54)74(70(58)42-46)63-27-11-3-19-51(63)52-20-4-12-28-64(52)74/h1-3,7-19,23-25,27-30,32-41,43-44,62,67,70H,4-6,20-22,26,31,42H2. The van der Waals surface area contributed by atoms with Gasteiger partial charge in [-0.2, -0.15) is 0 Å². The van der Waals surface area contributed by atoms with Gasteiger partial charge in [-0.3, -0.25) is 0 Å². The predicted octanol–water partition coefficient (Wildman–Crippen LogP) is 18.1. The summed E-state index contributed by atoms with van der Waals surface area (Å²) in [5.74, 6) is 1.02. The van der Waals surface area contributed by atoms with Gasteiger partial charge < -0.3 is 0 Å². The third kappa shape index (κ3) is 4.89. The molecule has 18 rings (SSSR count). The van der Waals surface area contributed by atoms with Gasteiger partial charge in [-0.15, -0.1) is 0 Å². The van der Waals surface area contributed by atoms with Gasteiger partial charge in [0.25, 0.3) is 0 Å². The first-order valence-electron chi connectivity index (χ1n) is 28.3. The molecule has 3 spiro atoms. The first kappa shape index (κ1) is 41.5. The van der Waals surface area contributed by atoms with Gasteiger partial charge in [-0.1, -0.05) is 194 Å². The minimum Gasteiger partial charge on any atom is -0.0839 e. The largest absolute Gasteiger partial charge is 0.0839 e. The number of fused-ring (bicyclic) bond motifs is 27. The minimum absolute atomic E-state index is 0.152. The summed E-state index contributed by atoms with van der Waals surface area (Å²) in [5.41, 5.74) is 36.4. The van der Waals surface area contributed by atoms with Crippen LogP contribution in [0.15, 0.2) is 240 Å². The maximum absolute atomic E-state index is 2.69. The summed E-state index contributed by atoms with van der Waals surface area (Å²) in [6, 6.07) is 51.3. The Bertz CT molecular complexity index is 4110. The third-order valence-corrected chi connectivity index (χ3v) is 20.9. The van der Waals surface area contributed by atoms with Gasteiger partial charge in [-0.25, -0.2) is 0 Å². The van der Waals surface area contributed by atoms with Gasteiger partial charge >= 0.3 is 0 Å². The molecule has 6 unspecified atom stereocenters. The topological polar surface area (TPSA) is 0 Å². The second kappa shape index (κ2) is 14.7. The molecule has 0 saturated heterocycles. The van der Waals surface area contributed by atoms with E-state index in [2.05, 4.69) is 212 Å². The van der Waals surface area contributed by atoms with Crippen molar-refractivity contribution in [1.29, 1.82) is 0 Å².